The van der Waals surface area contributed by atoms with Crippen LogP contribution in [0.3, 0.4) is 0 Å². The monoisotopic (exact) mass is 313 g/mol. The summed E-state index contributed by atoms with van der Waals surface area (Å²) in [4.78, 5) is 19.5. The molecule has 0 saturated heterocycles. The summed E-state index contributed by atoms with van der Waals surface area (Å²) < 4.78 is 0. The topological polar surface area (TPSA) is 102 Å². The van der Waals surface area contributed by atoms with Crippen LogP contribution >= 0.6 is 0 Å². The molecule has 1 aromatic heterocycles. The van der Waals surface area contributed by atoms with Crippen LogP contribution in [0.4, 0.5) is 0 Å². The van der Waals surface area contributed by atoms with E-state index in [-0.39, 0.29) is 12.5 Å². The number of allylic oxidation sites excluding steroid dienone is 1. The smallest absolute Gasteiger partial charge is 0.254 e. The summed E-state index contributed by atoms with van der Waals surface area (Å²) in [7, 11) is 0. The van der Waals surface area contributed by atoms with E-state index in [0.717, 1.165) is 28.2 Å². The summed E-state index contributed by atoms with van der Waals surface area (Å²) in [6.07, 6.45) is 7.45. The largest absolute Gasteiger partial charge is 0.396 e. The molecule has 2 aliphatic rings. The first-order valence-electron chi connectivity index (χ1n) is 7.45. The maximum absolute atomic E-state index is 11.9. The van der Waals surface area contributed by atoms with Crippen molar-refractivity contribution in [3.8, 4) is 0 Å². The van der Waals surface area contributed by atoms with E-state index in [2.05, 4.69) is 25.8 Å². The number of carbonyl (C=O) groups is 1. The van der Waals surface area contributed by atoms with Gasteiger partial charge < -0.3 is 15.4 Å². The second kappa shape index (κ2) is 6.21. The lowest BCUT2D eigenvalue weighted by Gasteiger charge is -2.16. The Kier molecular flexibility index (Phi) is 4.12. The minimum atomic E-state index is -0.494. The third-order valence-electron chi connectivity index (χ3n) is 4.06. The summed E-state index contributed by atoms with van der Waals surface area (Å²) in [6.45, 7) is 4.11. The van der Waals surface area contributed by atoms with Crippen LogP contribution < -0.4 is 10.7 Å². The fourth-order valence-electron chi connectivity index (χ4n) is 2.85. The van der Waals surface area contributed by atoms with Crippen molar-refractivity contribution in [2.75, 3.05) is 6.61 Å². The summed E-state index contributed by atoms with van der Waals surface area (Å²) in [5.41, 5.74) is 7.98. The zero-order chi connectivity index (χ0) is 16.4. The second-order valence-electron chi connectivity index (χ2n) is 5.51. The highest BCUT2D eigenvalue weighted by atomic mass is 16.3. The molecule has 2 aliphatic heterocycles. The normalized spacial score (nSPS) is 21.5. The van der Waals surface area contributed by atoms with E-state index in [1.54, 1.807) is 18.6 Å². The Labute approximate surface area is 133 Å². The lowest BCUT2D eigenvalue weighted by Crippen LogP contribution is -2.32. The number of nitrogens with one attached hydrogen (secondary N) is 3. The van der Waals surface area contributed by atoms with E-state index >= 15 is 0 Å². The molecule has 120 valence electrons. The van der Waals surface area contributed by atoms with Crippen LogP contribution in [0.25, 0.3) is 6.08 Å². The van der Waals surface area contributed by atoms with Crippen LogP contribution in [0.2, 0.25) is 0 Å². The van der Waals surface area contributed by atoms with E-state index in [9.17, 15) is 9.90 Å². The minimum absolute atomic E-state index is 0.113. The Balaban J connectivity index is 1.97. The number of aliphatic hydroxyl groups excluding tert-OH is 1. The maximum Gasteiger partial charge on any atom is 0.254 e. The summed E-state index contributed by atoms with van der Waals surface area (Å²) >= 11 is 0. The van der Waals surface area contributed by atoms with Crippen molar-refractivity contribution in [2.24, 2.45) is 16.0 Å². The number of aliphatic hydroxyl groups is 1. The molecule has 7 heteroatoms. The first-order valence-corrected chi connectivity index (χ1v) is 7.45. The number of aromatic nitrogens is 1. The van der Waals surface area contributed by atoms with Gasteiger partial charge in [-0.25, -0.2) is 5.43 Å². The number of hydrogen-bond donors (Lipinski definition) is 4. The van der Waals surface area contributed by atoms with Gasteiger partial charge in [0.05, 0.1) is 11.4 Å². The van der Waals surface area contributed by atoms with Gasteiger partial charge in [0.15, 0.2) is 0 Å². The molecule has 7 nitrogen and oxygen atoms in total. The molecule has 1 amide bonds. The van der Waals surface area contributed by atoms with Crippen LogP contribution in [-0.2, 0) is 11.2 Å². The van der Waals surface area contributed by atoms with Gasteiger partial charge in [-0.2, -0.15) is 5.10 Å². The number of hydrazone groups is 1. The average Bonchev–Trinajstić information content (AvgIpc) is 3.07. The highest BCUT2D eigenvalue weighted by Gasteiger charge is 2.29. The molecule has 1 unspecified atom stereocenters. The maximum atomic E-state index is 11.9. The minimum Gasteiger partial charge on any atom is -0.396 e. The molecule has 0 bridgehead atoms. The molecule has 23 heavy (non-hydrogen) atoms. The molecule has 0 radical (unpaired) electrons. The Bertz CT molecular complexity index is 755. The standard InChI is InChI=1S/C16H19N5O2/c1-9-11(3-6-22)10(2)20-13(9)7-14-15(18-5-4-17-14)12-8-19-21-16(12)23/h4-5,7-8,12,17,20,22H,3,6H2,1-2H3,(H,21,23). The lowest BCUT2D eigenvalue weighted by atomic mass is 9.99. The molecule has 1 atom stereocenters. The number of aliphatic imine (C=N–C) groups is 1. The predicted octanol–water partition coefficient (Wildman–Crippen LogP) is 0.754. The number of rotatable bonds is 4. The van der Waals surface area contributed by atoms with Crippen LogP contribution in [0.5, 0.6) is 0 Å². The van der Waals surface area contributed by atoms with Gasteiger partial charge >= 0.3 is 0 Å². The van der Waals surface area contributed by atoms with Crippen molar-refractivity contribution in [1.29, 1.82) is 0 Å². The molecule has 0 fully saturated rings. The number of aromatic amines is 1. The molecule has 0 aromatic carbocycles. The van der Waals surface area contributed by atoms with Crippen molar-refractivity contribution in [3.05, 3.63) is 40.6 Å². The van der Waals surface area contributed by atoms with Gasteiger partial charge in [0.1, 0.15) is 5.92 Å². The predicted molar refractivity (Wildman–Crippen MR) is 88.9 cm³/mol. The van der Waals surface area contributed by atoms with Gasteiger partial charge in [0.2, 0.25) is 0 Å². The lowest BCUT2D eigenvalue weighted by molar-refractivity contribution is -0.120. The zero-order valence-corrected chi connectivity index (χ0v) is 13.1. The molecule has 3 heterocycles. The van der Waals surface area contributed by atoms with Gasteiger partial charge in [0, 0.05) is 36.6 Å². The second-order valence-corrected chi connectivity index (χ2v) is 5.51. The highest BCUT2D eigenvalue weighted by molar-refractivity contribution is 6.24. The third kappa shape index (κ3) is 2.83. The summed E-state index contributed by atoms with van der Waals surface area (Å²) in [5.74, 6) is -0.681. The molecule has 0 aliphatic carbocycles. The van der Waals surface area contributed by atoms with Crippen molar-refractivity contribution in [1.82, 2.24) is 15.7 Å². The average molecular weight is 313 g/mol. The molecule has 0 spiro atoms. The van der Waals surface area contributed by atoms with Crippen molar-refractivity contribution in [3.63, 3.8) is 0 Å². The van der Waals surface area contributed by atoms with Crippen molar-refractivity contribution in [2.45, 2.75) is 20.3 Å². The van der Waals surface area contributed by atoms with Gasteiger partial charge in [-0.15, -0.1) is 0 Å². The Morgan fingerprint density at radius 3 is 2.91 bits per heavy atom. The van der Waals surface area contributed by atoms with Gasteiger partial charge in [0.25, 0.3) is 5.91 Å². The van der Waals surface area contributed by atoms with E-state index in [4.69, 9.17) is 0 Å². The number of amides is 1. The van der Waals surface area contributed by atoms with Crippen LogP contribution in [-0.4, -0.2) is 34.5 Å². The highest BCUT2D eigenvalue weighted by Crippen LogP contribution is 2.22. The van der Waals surface area contributed by atoms with Crippen LogP contribution in [0.15, 0.2) is 28.2 Å². The molecular weight excluding hydrogens is 294 g/mol. The summed E-state index contributed by atoms with van der Waals surface area (Å²) in [6, 6.07) is 0. The number of hydrogen-bond acceptors (Lipinski definition) is 5. The first-order chi connectivity index (χ1) is 11.1. The summed E-state index contributed by atoms with van der Waals surface area (Å²) in [5, 5.41) is 16.1. The fraction of sp³-hybridized carbons (Fsp3) is 0.312. The first kappa shape index (κ1) is 15.2. The molecule has 0 saturated carbocycles. The van der Waals surface area contributed by atoms with E-state index < -0.39 is 5.92 Å². The SMILES string of the molecule is Cc1[nH]c(C=C2NC=CN=C2C2C=NNC2=O)c(C)c1CCO. The number of carbonyl (C=O) groups excluding carboxylic acids is 1. The van der Waals surface area contributed by atoms with Crippen LogP contribution in [0.1, 0.15) is 22.5 Å². The third-order valence-corrected chi connectivity index (χ3v) is 4.06. The van der Waals surface area contributed by atoms with E-state index in [1.807, 2.05) is 19.9 Å². The number of nitrogens with zero attached hydrogens (tertiary/aromatic N) is 2. The zero-order valence-electron chi connectivity index (χ0n) is 13.1. The van der Waals surface area contributed by atoms with Crippen LogP contribution in [0, 0.1) is 19.8 Å². The van der Waals surface area contributed by atoms with E-state index in [1.165, 1.54) is 0 Å². The molecule has 1 aromatic rings. The molecule has 3 rings (SSSR count). The number of aryl methyl sites for hydroxylation is 1. The number of H-pyrrole nitrogens is 1. The quantitative estimate of drug-likeness (QED) is 0.660. The molecular formula is C16H19N5O2. The van der Waals surface area contributed by atoms with Crippen molar-refractivity contribution >= 4 is 23.9 Å². The Hall–Kier alpha value is -2.67. The fourth-order valence-corrected chi connectivity index (χ4v) is 2.85. The Morgan fingerprint density at radius 1 is 1.39 bits per heavy atom. The van der Waals surface area contributed by atoms with Crippen molar-refractivity contribution < 1.29 is 9.90 Å². The van der Waals surface area contributed by atoms with Gasteiger partial charge in [-0.1, -0.05) is 0 Å². The van der Waals surface area contributed by atoms with E-state index in [0.29, 0.717) is 12.1 Å². The molecule has 4 N–H and O–H groups in total. The Morgan fingerprint density at radius 2 is 2.22 bits per heavy atom. The van der Waals surface area contributed by atoms with Gasteiger partial charge in [-0.3, -0.25) is 9.79 Å². The van der Waals surface area contributed by atoms with Gasteiger partial charge in [-0.05, 0) is 37.5 Å².